The Morgan fingerprint density at radius 2 is 0.918 bits per heavy atom. The van der Waals surface area contributed by atoms with Crippen LogP contribution in [0.5, 0.6) is 0 Å². The van der Waals surface area contributed by atoms with E-state index in [-0.39, 0.29) is 30.2 Å². The highest BCUT2D eigenvalue weighted by atomic mass is 16.4. The number of carbonyl (C=O) groups excluding carboxylic acids is 3. The number of hydrogen-bond acceptors (Lipinski definition) is 9. The van der Waals surface area contributed by atoms with Crippen molar-refractivity contribution in [2.75, 3.05) is 63.2 Å². The molecule has 0 radical (unpaired) electrons. The van der Waals surface area contributed by atoms with Gasteiger partial charge in [-0.25, -0.2) is 0 Å². The molecule has 0 saturated carbocycles. The lowest BCUT2D eigenvalue weighted by molar-refractivity contribution is -0.146. The normalized spacial score (nSPS) is 15.4. The smallest absolute Gasteiger partial charge is 0.303 e. The Kier molecular flexibility index (Phi) is 20.2. The Hall–Kier alpha value is -8.94. The Morgan fingerprint density at radius 3 is 1.39 bits per heavy atom. The number of carboxylic acid groups (broad SMARTS) is 1. The number of carbonyl (C=O) groups is 4. The average molecular weight is 1140 g/mol. The first-order valence-electron chi connectivity index (χ1n) is 30.2. The summed E-state index contributed by atoms with van der Waals surface area (Å²) in [7, 11) is 3.81. The van der Waals surface area contributed by atoms with Crippen LogP contribution in [0.1, 0.15) is 93.4 Å². The minimum absolute atomic E-state index is 0.0119. The summed E-state index contributed by atoms with van der Waals surface area (Å²) >= 11 is 0. The SMILES string of the molecule is CN(CCCN1c2ccccc2CCc2ccccc21)C(=O)C1NCCc2ccccc21.CN(CCCN1c2ccccc2CCc2ccccc21)C(=O)C1c2ccccc2CCN1C(=O)CCc1cccnc1.O=C(O)CCc1cccnc1. The molecule has 8 aromatic rings. The molecule has 13 heteroatoms. The van der Waals surface area contributed by atoms with Gasteiger partial charge in [0.15, 0.2) is 0 Å². The maximum Gasteiger partial charge on any atom is 0.303 e. The monoisotopic (exact) mass is 1130 g/mol. The largest absolute Gasteiger partial charge is 0.481 e. The number of nitrogens with zero attached hydrogens (tertiary/aromatic N) is 7. The Labute approximate surface area is 501 Å². The summed E-state index contributed by atoms with van der Waals surface area (Å²) in [5.41, 5.74) is 17.1. The number of amides is 3. The maximum atomic E-state index is 14.1. The predicted octanol–water partition coefficient (Wildman–Crippen LogP) is 11.7. The third-order valence-electron chi connectivity index (χ3n) is 16.9. The van der Waals surface area contributed by atoms with Crippen molar-refractivity contribution in [3.8, 4) is 0 Å². The minimum atomic E-state index is -0.770. The molecule has 12 rings (SSSR count). The number of pyridine rings is 2. The molecule has 3 amide bonds. The summed E-state index contributed by atoms with van der Waals surface area (Å²) in [6.45, 7) is 4.44. The fourth-order valence-corrected chi connectivity index (χ4v) is 12.4. The van der Waals surface area contributed by atoms with E-state index in [0.717, 1.165) is 105 Å². The molecule has 2 N–H and O–H groups in total. The Morgan fingerprint density at radius 1 is 0.494 bits per heavy atom. The predicted molar refractivity (Wildman–Crippen MR) is 337 cm³/mol. The van der Waals surface area contributed by atoms with Gasteiger partial charge in [0.25, 0.3) is 0 Å². The fourth-order valence-electron chi connectivity index (χ4n) is 12.4. The van der Waals surface area contributed by atoms with Crippen molar-refractivity contribution in [2.45, 2.75) is 89.1 Å². The molecule has 4 aliphatic heterocycles. The zero-order valence-electron chi connectivity index (χ0n) is 49.1. The van der Waals surface area contributed by atoms with Gasteiger partial charge in [-0.15, -0.1) is 0 Å². The second kappa shape index (κ2) is 29.0. The molecule has 0 saturated heterocycles. The van der Waals surface area contributed by atoms with Crippen LogP contribution in [0.25, 0.3) is 0 Å². The summed E-state index contributed by atoms with van der Waals surface area (Å²) in [5, 5.41) is 11.8. The van der Waals surface area contributed by atoms with E-state index < -0.39 is 12.0 Å². The molecule has 13 nitrogen and oxygen atoms in total. The van der Waals surface area contributed by atoms with Crippen molar-refractivity contribution in [3.05, 3.63) is 250 Å². The standard InChI is InChI=1S/C36H38N4O2.C28H31N3O.C8H9NO2/c1-38(23-9-24-39-32-15-6-3-12-29(32)18-19-30-13-4-7-16-33(30)39)36(42)35-31-14-5-2-11-28(31)21-25-40(35)34(41)20-17-27-10-8-22-37-26-27;1-30(28(32)27-24-12-5-2-9-21(24)17-18-29-27)19-8-20-31-25-13-6-3-10-22(25)15-16-23-11-4-7-14-26(23)31;10-8(11)4-3-7-2-1-5-9-6-7/h2-8,10-16,22,26,35H,9,17-21,23-25H2,1H3;2-7,9-14,27,29H,8,15-20H2,1H3;1-2,5-6H,3-4H2,(H,10,11). The van der Waals surface area contributed by atoms with Crippen molar-refractivity contribution in [1.29, 1.82) is 0 Å². The molecule has 0 spiro atoms. The third kappa shape index (κ3) is 14.9. The molecule has 2 aromatic heterocycles. The number of aromatic nitrogens is 2. The summed E-state index contributed by atoms with van der Waals surface area (Å²) in [6, 6.07) is 57.9. The maximum absolute atomic E-state index is 14.1. The topological polar surface area (TPSA) is 143 Å². The zero-order valence-corrected chi connectivity index (χ0v) is 49.1. The van der Waals surface area contributed by atoms with Crippen LogP contribution < -0.4 is 15.1 Å². The van der Waals surface area contributed by atoms with Crippen LogP contribution in [0, 0.1) is 0 Å². The van der Waals surface area contributed by atoms with Crippen LogP contribution in [-0.4, -0.2) is 107 Å². The summed E-state index contributed by atoms with van der Waals surface area (Å²) < 4.78 is 0. The molecule has 0 fully saturated rings. The highest BCUT2D eigenvalue weighted by molar-refractivity contribution is 5.90. The van der Waals surface area contributed by atoms with Crippen molar-refractivity contribution >= 4 is 46.4 Å². The second-order valence-electron chi connectivity index (χ2n) is 22.4. The number of hydrogen-bond donors (Lipinski definition) is 2. The molecule has 6 aromatic carbocycles. The van der Waals surface area contributed by atoms with Gasteiger partial charge in [-0.05, 0) is 156 Å². The number of rotatable bonds is 16. The molecule has 4 aliphatic rings. The highest BCUT2D eigenvalue weighted by Crippen LogP contribution is 2.38. The third-order valence-corrected chi connectivity index (χ3v) is 16.9. The van der Waals surface area contributed by atoms with Gasteiger partial charge >= 0.3 is 5.97 Å². The Balaban J connectivity index is 0.000000164. The number of fused-ring (bicyclic) bond motifs is 6. The molecule has 0 bridgehead atoms. The van der Waals surface area contributed by atoms with E-state index >= 15 is 0 Å². The first-order chi connectivity index (χ1) is 41.6. The van der Waals surface area contributed by atoms with Gasteiger partial charge in [-0.3, -0.25) is 29.1 Å². The van der Waals surface area contributed by atoms with Crippen molar-refractivity contribution < 1.29 is 24.3 Å². The fraction of sp³-hybridized carbons (Fsp3) is 0.306. The zero-order chi connectivity index (χ0) is 58.9. The number of nitrogens with one attached hydrogen (secondary N) is 1. The van der Waals surface area contributed by atoms with E-state index in [4.69, 9.17) is 5.11 Å². The molecule has 2 unspecified atom stereocenters. The lowest BCUT2D eigenvalue weighted by Crippen LogP contribution is -2.48. The number of para-hydroxylation sites is 4. The van der Waals surface area contributed by atoms with Gasteiger partial charge in [0.2, 0.25) is 17.7 Å². The number of aliphatic carboxylic acids is 1. The van der Waals surface area contributed by atoms with Crippen LogP contribution in [-0.2, 0) is 70.5 Å². The van der Waals surface area contributed by atoms with Crippen LogP contribution >= 0.6 is 0 Å². The molecule has 0 aliphatic carbocycles. The lowest BCUT2D eigenvalue weighted by atomic mass is 9.91. The van der Waals surface area contributed by atoms with E-state index in [2.05, 4.69) is 146 Å². The molecule has 85 heavy (non-hydrogen) atoms. The number of likely N-dealkylation sites (N-methyl/N-ethyl adjacent to an activating group) is 2. The Bertz CT molecular complexity index is 3450. The molecule has 436 valence electrons. The van der Waals surface area contributed by atoms with Gasteiger partial charge in [0.1, 0.15) is 12.1 Å². The second-order valence-corrected chi connectivity index (χ2v) is 22.4. The molecular formula is C72H78N8O5. The number of carboxylic acids is 1. The minimum Gasteiger partial charge on any atom is -0.481 e. The van der Waals surface area contributed by atoms with Crippen LogP contribution in [0.2, 0.25) is 0 Å². The van der Waals surface area contributed by atoms with Crippen LogP contribution in [0.3, 0.4) is 0 Å². The van der Waals surface area contributed by atoms with Gasteiger partial charge < -0.3 is 34.9 Å². The van der Waals surface area contributed by atoms with E-state index in [9.17, 15) is 19.2 Å². The number of aryl methyl sites for hydroxylation is 6. The van der Waals surface area contributed by atoms with Gasteiger partial charge in [0.05, 0.1) is 0 Å². The summed E-state index contributed by atoms with van der Waals surface area (Å²) in [4.78, 5) is 69.5. The quantitative estimate of drug-likeness (QED) is 0.0960. The van der Waals surface area contributed by atoms with Crippen molar-refractivity contribution in [2.24, 2.45) is 0 Å². The molecule has 2 atom stereocenters. The number of anilines is 4. The van der Waals surface area contributed by atoms with Crippen molar-refractivity contribution in [3.63, 3.8) is 0 Å². The van der Waals surface area contributed by atoms with E-state index in [1.54, 1.807) is 35.8 Å². The van der Waals surface area contributed by atoms with E-state index in [1.807, 2.05) is 66.4 Å². The van der Waals surface area contributed by atoms with Crippen LogP contribution in [0.4, 0.5) is 22.7 Å². The van der Waals surface area contributed by atoms with Crippen LogP contribution in [0.15, 0.2) is 195 Å². The molecule has 6 heterocycles. The highest BCUT2D eigenvalue weighted by Gasteiger charge is 2.37. The lowest BCUT2D eigenvalue weighted by Gasteiger charge is -2.38. The first kappa shape index (κ1) is 59.2. The van der Waals surface area contributed by atoms with E-state index in [1.165, 1.54) is 50.6 Å². The van der Waals surface area contributed by atoms with Gasteiger partial charge in [0, 0.05) is 114 Å². The van der Waals surface area contributed by atoms with Gasteiger partial charge in [-0.2, -0.15) is 0 Å². The van der Waals surface area contributed by atoms with E-state index in [0.29, 0.717) is 32.4 Å². The first-order valence-corrected chi connectivity index (χ1v) is 30.2. The summed E-state index contributed by atoms with van der Waals surface area (Å²) in [5.74, 6) is -0.617. The van der Waals surface area contributed by atoms with Crippen molar-refractivity contribution in [1.82, 2.24) is 30.0 Å². The average Bonchev–Trinajstić information content (AvgIpc) is 4.02. The summed E-state index contributed by atoms with van der Waals surface area (Å²) in [6.07, 6.45) is 16.2. The molecular weight excluding hydrogens is 1060 g/mol. The number of benzene rings is 6. The van der Waals surface area contributed by atoms with Gasteiger partial charge in [-0.1, -0.05) is 133 Å².